The summed E-state index contributed by atoms with van der Waals surface area (Å²) >= 11 is 0. The van der Waals surface area contributed by atoms with Gasteiger partial charge in [-0.15, -0.1) is 0 Å². The molecule has 0 aromatic rings. The molecule has 6 nitrogen and oxygen atoms in total. The fourth-order valence-electron chi connectivity index (χ4n) is 3.02. The number of rotatable bonds is 3. The molecule has 0 aromatic carbocycles. The first kappa shape index (κ1) is 13.3. The molecular formula is C12H22N4O2. The Morgan fingerprint density at radius 2 is 2.17 bits per heavy atom. The number of nitrogens with one attached hydrogen (secondary N) is 3. The second kappa shape index (κ2) is 5.67. The summed E-state index contributed by atoms with van der Waals surface area (Å²) < 4.78 is 0. The zero-order valence-electron chi connectivity index (χ0n) is 11.0. The van der Waals surface area contributed by atoms with E-state index in [0.717, 1.165) is 19.6 Å². The van der Waals surface area contributed by atoms with Gasteiger partial charge in [-0.2, -0.15) is 0 Å². The maximum atomic E-state index is 11.7. The van der Waals surface area contributed by atoms with Crippen molar-refractivity contribution < 1.29 is 9.59 Å². The summed E-state index contributed by atoms with van der Waals surface area (Å²) in [5.74, 6) is 1.07. The summed E-state index contributed by atoms with van der Waals surface area (Å²) in [7, 11) is 0. The number of carbonyl (C=O) groups is 2. The Morgan fingerprint density at radius 3 is 2.83 bits per heavy atom. The molecule has 18 heavy (non-hydrogen) atoms. The second-order valence-electron chi connectivity index (χ2n) is 5.16. The van der Waals surface area contributed by atoms with Crippen molar-refractivity contribution in [3.05, 3.63) is 0 Å². The standard InChI is InChI=1S/C12H22N4O2/c1-3-14-12(18)15-11(17)7-16-6-9-4-13-5-10(9)8(16)2/h8-10,13H,3-7H2,1-2H3,(H2,14,15,17,18). The van der Waals surface area contributed by atoms with Gasteiger partial charge in [0, 0.05) is 19.1 Å². The highest BCUT2D eigenvalue weighted by Crippen LogP contribution is 2.31. The topological polar surface area (TPSA) is 73.5 Å². The molecule has 6 heteroatoms. The van der Waals surface area contributed by atoms with Gasteiger partial charge in [-0.25, -0.2) is 4.79 Å². The van der Waals surface area contributed by atoms with Crippen LogP contribution in [0.1, 0.15) is 13.8 Å². The van der Waals surface area contributed by atoms with Crippen LogP contribution in [0.25, 0.3) is 0 Å². The molecule has 3 amide bonds. The molecule has 0 aliphatic carbocycles. The van der Waals surface area contributed by atoms with Crippen LogP contribution in [0.5, 0.6) is 0 Å². The van der Waals surface area contributed by atoms with Gasteiger partial charge in [-0.05, 0) is 38.8 Å². The van der Waals surface area contributed by atoms with E-state index in [-0.39, 0.29) is 5.91 Å². The molecule has 2 aliphatic rings. The Bertz CT molecular complexity index is 334. The second-order valence-corrected chi connectivity index (χ2v) is 5.16. The lowest BCUT2D eigenvalue weighted by molar-refractivity contribution is -0.121. The molecular weight excluding hydrogens is 232 g/mol. The number of fused-ring (bicyclic) bond motifs is 1. The Hall–Kier alpha value is -1.14. The normalized spacial score (nSPS) is 31.1. The summed E-state index contributed by atoms with van der Waals surface area (Å²) in [5, 5.41) is 8.29. The van der Waals surface area contributed by atoms with E-state index in [9.17, 15) is 9.59 Å². The molecule has 3 N–H and O–H groups in total. The summed E-state index contributed by atoms with van der Waals surface area (Å²) in [6, 6.07) is 0.00111. The van der Waals surface area contributed by atoms with Crippen molar-refractivity contribution in [2.75, 3.05) is 32.7 Å². The lowest BCUT2D eigenvalue weighted by atomic mass is 9.95. The Morgan fingerprint density at radius 1 is 1.39 bits per heavy atom. The lowest BCUT2D eigenvalue weighted by Crippen LogP contribution is -2.46. The monoisotopic (exact) mass is 254 g/mol. The number of urea groups is 1. The average molecular weight is 254 g/mol. The zero-order chi connectivity index (χ0) is 13.1. The van der Waals surface area contributed by atoms with Gasteiger partial charge in [0.1, 0.15) is 0 Å². The van der Waals surface area contributed by atoms with E-state index in [1.54, 1.807) is 0 Å². The third kappa shape index (κ3) is 2.81. The van der Waals surface area contributed by atoms with Gasteiger partial charge in [0.15, 0.2) is 0 Å². The molecule has 0 radical (unpaired) electrons. The first-order chi connectivity index (χ1) is 8.61. The van der Waals surface area contributed by atoms with Crippen molar-refractivity contribution in [2.24, 2.45) is 11.8 Å². The first-order valence-corrected chi connectivity index (χ1v) is 6.64. The SMILES string of the molecule is CCNC(=O)NC(=O)CN1CC2CNCC2C1C. The Labute approximate surface area is 107 Å². The predicted molar refractivity (Wildman–Crippen MR) is 68.1 cm³/mol. The predicted octanol–water partition coefficient (Wildman–Crippen LogP) is -0.628. The van der Waals surface area contributed by atoms with Crippen molar-refractivity contribution in [3.63, 3.8) is 0 Å². The van der Waals surface area contributed by atoms with E-state index in [1.165, 1.54) is 0 Å². The van der Waals surface area contributed by atoms with Crippen LogP contribution in [0.3, 0.4) is 0 Å². The highest BCUT2D eigenvalue weighted by atomic mass is 16.2. The van der Waals surface area contributed by atoms with Crippen molar-refractivity contribution in [1.29, 1.82) is 0 Å². The molecule has 2 aliphatic heterocycles. The molecule has 0 saturated carbocycles. The van der Waals surface area contributed by atoms with Crippen molar-refractivity contribution in [2.45, 2.75) is 19.9 Å². The largest absolute Gasteiger partial charge is 0.338 e. The quantitative estimate of drug-likeness (QED) is 0.627. The van der Waals surface area contributed by atoms with Crippen LogP contribution in [0.15, 0.2) is 0 Å². The van der Waals surface area contributed by atoms with Crippen molar-refractivity contribution in [1.82, 2.24) is 20.9 Å². The van der Waals surface area contributed by atoms with Gasteiger partial charge in [-0.3, -0.25) is 15.0 Å². The van der Waals surface area contributed by atoms with Gasteiger partial charge < -0.3 is 10.6 Å². The summed E-state index contributed by atoms with van der Waals surface area (Å²) in [6.07, 6.45) is 0. The molecule has 0 spiro atoms. The van der Waals surface area contributed by atoms with E-state index < -0.39 is 6.03 Å². The summed E-state index contributed by atoms with van der Waals surface area (Å²) in [5.41, 5.74) is 0. The number of imide groups is 1. The fraction of sp³-hybridized carbons (Fsp3) is 0.833. The van der Waals surface area contributed by atoms with E-state index in [1.807, 2.05) is 6.92 Å². The van der Waals surface area contributed by atoms with Crippen LogP contribution in [-0.2, 0) is 4.79 Å². The van der Waals surface area contributed by atoms with Gasteiger partial charge >= 0.3 is 6.03 Å². The molecule has 102 valence electrons. The van der Waals surface area contributed by atoms with E-state index in [0.29, 0.717) is 31.0 Å². The summed E-state index contributed by atoms with van der Waals surface area (Å²) in [4.78, 5) is 25.1. The first-order valence-electron chi connectivity index (χ1n) is 6.64. The average Bonchev–Trinajstić information content (AvgIpc) is 2.84. The van der Waals surface area contributed by atoms with E-state index in [2.05, 4.69) is 27.8 Å². The minimum atomic E-state index is -0.406. The summed E-state index contributed by atoms with van der Waals surface area (Å²) in [6.45, 7) is 7.85. The lowest BCUT2D eigenvalue weighted by Gasteiger charge is -2.23. The van der Waals surface area contributed by atoms with Crippen LogP contribution in [0.4, 0.5) is 4.79 Å². The van der Waals surface area contributed by atoms with E-state index in [4.69, 9.17) is 0 Å². The van der Waals surface area contributed by atoms with Crippen LogP contribution >= 0.6 is 0 Å². The van der Waals surface area contributed by atoms with Crippen LogP contribution in [-0.4, -0.2) is 55.6 Å². The Balaban J connectivity index is 1.80. The molecule has 0 aromatic heterocycles. The number of carbonyl (C=O) groups excluding carboxylic acids is 2. The maximum absolute atomic E-state index is 11.7. The third-order valence-electron chi connectivity index (χ3n) is 3.99. The minimum Gasteiger partial charge on any atom is -0.338 e. The molecule has 3 unspecified atom stereocenters. The zero-order valence-corrected chi connectivity index (χ0v) is 11.0. The molecule has 2 saturated heterocycles. The fourth-order valence-corrected chi connectivity index (χ4v) is 3.02. The van der Waals surface area contributed by atoms with Gasteiger partial charge in [0.05, 0.1) is 6.54 Å². The maximum Gasteiger partial charge on any atom is 0.321 e. The number of nitrogens with zero attached hydrogens (tertiary/aromatic N) is 1. The van der Waals surface area contributed by atoms with Gasteiger partial charge in [0.25, 0.3) is 0 Å². The molecule has 3 atom stereocenters. The minimum absolute atomic E-state index is 0.222. The number of likely N-dealkylation sites (tertiary alicyclic amines) is 1. The molecule has 2 rings (SSSR count). The Kier molecular flexibility index (Phi) is 4.19. The van der Waals surface area contributed by atoms with Crippen LogP contribution in [0, 0.1) is 11.8 Å². The smallest absolute Gasteiger partial charge is 0.321 e. The van der Waals surface area contributed by atoms with Crippen LogP contribution in [0.2, 0.25) is 0 Å². The van der Waals surface area contributed by atoms with Gasteiger partial charge in [0.2, 0.25) is 5.91 Å². The molecule has 0 bridgehead atoms. The van der Waals surface area contributed by atoms with E-state index >= 15 is 0 Å². The number of hydrogen-bond donors (Lipinski definition) is 3. The highest BCUT2D eigenvalue weighted by molar-refractivity contribution is 5.95. The van der Waals surface area contributed by atoms with Crippen molar-refractivity contribution in [3.8, 4) is 0 Å². The molecule has 2 heterocycles. The number of amides is 3. The van der Waals surface area contributed by atoms with Crippen LogP contribution < -0.4 is 16.0 Å². The highest BCUT2D eigenvalue weighted by Gasteiger charge is 2.42. The van der Waals surface area contributed by atoms with Gasteiger partial charge in [-0.1, -0.05) is 0 Å². The molecule has 2 fully saturated rings. The third-order valence-corrected chi connectivity index (χ3v) is 3.99. The number of hydrogen-bond acceptors (Lipinski definition) is 4. The van der Waals surface area contributed by atoms with Crippen molar-refractivity contribution >= 4 is 11.9 Å².